The van der Waals surface area contributed by atoms with Crippen LogP contribution in [0, 0.1) is 5.92 Å². The first-order valence-electron chi connectivity index (χ1n) is 7.32. The molecule has 0 aliphatic heterocycles. The van der Waals surface area contributed by atoms with Gasteiger partial charge in [-0.2, -0.15) is 0 Å². The number of sulfonamides is 1. The highest BCUT2D eigenvalue weighted by atomic mass is 32.2. The second-order valence-corrected chi connectivity index (χ2v) is 7.15. The molecule has 1 amide bonds. The van der Waals surface area contributed by atoms with Gasteiger partial charge >= 0.3 is 0 Å². The van der Waals surface area contributed by atoms with Crippen LogP contribution in [0.3, 0.4) is 0 Å². The zero-order valence-electron chi connectivity index (χ0n) is 13.2. The average molecular weight is 324 g/mol. The van der Waals surface area contributed by atoms with Gasteiger partial charge in [0.2, 0.25) is 15.9 Å². The fourth-order valence-corrected chi connectivity index (χ4v) is 2.40. The molecular formula is C16H24N2O3S. The van der Waals surface area contributed by atoms with Gasteiger partial charge in [-0.05, 0) is 24.5 Å². The standard InChI is InChI=1S/C16H24N2O3S/c1-13(2)14(3)18-16(19)9-11-17-22(20,21)12-10-15-7-5-4-6-8-15/h4-8,10,12-14,17H,9,11H2,1-3H3,(H,18,19)/b12-10+. The van der Waals surface area contributed by atoms with Gasteiger partial charge in [0.05, 0.1) is 0 Å². The van der Waals surface area contributed by atoms with E-state index < -0.39 is 10.0 Å². The lowest BCUT2D eigenvalue weighted by atomic mass is 10.1. The Hall–Kier alpha value is -1.66. The van der Waals surface area contributed by atoms with Crippen molar-refractivity contribution >= 4 is 22.0 Å². The Morgan fingerprint density at radius 1 is 1.18 bits per heavy atom. The molecule has 0 fully saturated rings. The van der Waals surface area contributed by atoms with Crippen molar-refractivity contribution in [1.82, 2.24) is 10.0 Å². The predicted octanol–water partition coefficient (Wildman–Crippen LogP) is 2.13. The largest absolute Gasteiger partial charge is 0.353 e. The van der Waals surface area contributed by atoms with Gasteiger partial charge in [-0.3, -0.25) is 4.79 Å². The second-order valence-electron chi connectivity index (χ2n) is 5.50. The van der Waals surface area contributed by atoms with Gasteiger partial charge in [-0.15, -0.1) is 0 Å². The number of benzene rings is 1. The van der Waals surface area contributed by atoms with E-state index in [1.165, 1.54) is 6.08 Å². The first-order valence-corrected chi connectivity index (χ1v) is 8.87. The molecule has 2 N–H and O–H groups in total. The van der Waals surface area contributed by atoms with Crippen LogP contribution in [-0.2, 0) is 14.8 Å². The molecule has 0 heterocycles. The Balaban J connectivity index is 2.40. The lowest BCUT2D eigenvalue weighted by molar-refractivity contribution is -0.121. The molecule has 1 atom stereocenters. The van der Waals surface area contributed by atoms with Crippen molar-refractivity contribution in [2.75, 3.05) is 6.54 Å². The van der Waals surface area contributed by atoms with E-state index >= 15 is 0 Å². The van der Waals surface area contributed by atoms with E-state index in [1.54, 1.807) is 0 Å². The van der Waals surface area contributed by atoms with Crippen LogP contribution >= 0.6 is 0 Å². The fourth-order valence-electron chi connectivity index (χ4n) is 1.58. The first-order chi connectivity index (χ1) is 10.3. The lowest BCUT2D eigenvalue weighted by Crippen LogP contribution is -2.37. The summed E-state index contributed by atoms with van der Waals surface area (Å²) >= 11 is 0. The van der Waals surface area contributed by atoms with Crippen LogP contribution < -0.4 is 10.0 Å². The third kappa shape index (κ3) is 7.38. The van der Waals surface area contributed by atoms with Crippen molar-refractivity contribution < 1.29 is 13.2 Å². The number of hydrogen-bond donors (Lipinski definition) is 2. The van der Waals surface area contributed by atoms with E-state index in [1.807, 2.05) is 51.1 Å². The minimum Gasteiger partial charge on any atom is -0.353 e. The number of nitrogens with one attached hydrogen (secondary N) is 2. The fraction of sp³-hybridized carbons (Fsp3) is 0.438. The summed E-state index contributed by atoms with van der Waals surface area (Å²) in [4.78, 5) is 11.7. The molecule has 0 radical (unpaired) electrons. The molecule has 0 aliphatic carbocycles. The molecule has 0 aliphatic rings. The predicted molar refractivity (Wildman–Crippen MR) is 89.5 cm³/mol. The van der Waals surface area contributed by atoms with Crippen molar-refractivity contribution in [3.63, 3.8) is 0 Å². The maximum absolute atomic E-state index is 11.8. The summed E-state index contributed by atoms with van der Waals surface area (Å²) in [6.45, 7) is 6.04. The van der Waals surface area contributed by atoms with Crippen LogP contribution in [0.4, 0.5) is 0 Å². The summed E-state index contributed by atoms with van der Waals surface area (Å²) in [7, 11) is -3.53. The van der Waals surface area contributed by atoms with E-state index in [-0.39, 0.29) is 24.9 Å². The lowest BCUT2D eigenvalue weighted by Gasteiger charge is -2.17. The number of carbonyl (C=O) groups is 1. The van der Waals surface area contributed by atoms with E-state index in [0.717, 1.165) is 11.0 Å². The molecule has 0 saturated heterocycles. The highest BCUT2D eigenvalue weighted by Gasteiger charge is 2.11. The summed E-state index contributed by atoms with van der Waals surface area (Å²) in [5, 5.41) is 3.94. The molecule has 0 bridgehead atoms. The summed E-state index contributed by atoms with van der Waals surface area (Å²) in [6, 6.07) is 9.22. The van der Waals surface area contributed by atoms with E-state index in [0.29, 0.717) is 5.92 Å². The maximum atomic E-state index is 11.8. The third-order valence-corrected chi connectivity index (χ3v) is 4.38. The summed E-state index contributed by atoms with van der Waals surface area (Å²) in [5.41, 5.74) is 0.802. The highest BCUT2D eigenvalue weighted by Crippen LogP contribution is 2.03. The Morgan fingerprint density at radius 3 is 2.41 bits per heavy atom. The van der Waals surface area contributed by atoms with Crippen LogP contribution in [0.1, 0.15) is 32.8 Å². The van der Waals surface area contributed by atoms with Crippen molar-refractivity contribution in [3.8, 4) is 0 Å². The molecule has 0 aromatic heterocycles. The van der Waals surface area contributed by atoms with E-state index in [4.69, 9.17) is 0 Å². The summed E-state index contributed by atoms with van der Waals surface area (Å²) in [5.74, 6) is 0.186. The zero-order chi connectivity index (χ0) is 16.6. The number of carbonyl (C=O) groups excluding carboxylic acids is 1. The van der Waals surface area contributed by atoms with Gasteiger partial charge in [0.1, 0.15) is 0 Å². The molecule has 1 aromatic rings. The molecule has 1 rings (SSSR count). The third-order valence-electron chi connectivity index (χ3n) is 3.28. The maximum Gasteiger partial charge on any atom is 0.233 e. The molecule has 5 nitrogen and oxygen atoms in total. The molecule has 1 unspecified atom stereocenters. The molecule has 6 heteroatoms. The Kier molecular flexibility index (Phi) is 7.27. The smallest absolute Gasteiger partial charge is 0.233 e. The number of rotatable bonds is 8. The molecule has 122 valence electrons. The van der Waals surface area contributed by atoms with Crippen LogP contribution in [0.15, 0.2) is 35.7 Å². The van der Waals surface area contributed by atoms with Crippen LogP contribution in [0.2, 0.25) is 0 Å². The van der Waals surface area contributed by atoms with E-state index in [2.05, 4.69) is 10.0 Å². The van der Waals surface area contributed by atoms with Crippen molar-refractivity contribution in [3.05, 3.63) is 41.3 Å². The Labute approximate surface area is 132 Å². The highest BCUT2D eigenvalue weighted by molar-refractivity contribution is 7.92. The van der Waals surface area contributed by atoms with Crippen molar-refractivity contribution in [2.45, 2.75) is 33.2 Å². The van der Waals surface area contributed by atoms with Gasteiger partial charge in [-0.1, -0.05) is 44.2 Å². The molecular weight excluding hydrogens is 300 g/mol. The van der Waals surface area contributed by atoms with Gasteiger partial charge in [0, 0.05) is 24.4 Å². The molecule has 0 spiro atoms. The van der Waals surface area contributed by atoms with Gasteiger partial charge in [-0.25, -0.2) is 13.1 Å². The van der Waals surface area contributed by atoms with Crippen molar-refractivity contribution in [1.29, 1.82) is 0 Å². The van der Waals surface area contributed by atoms with Crippen LogP contribution in [0.25, 0.3) is 6.08 Å². The monoisotopic (exact) mass is 324 g/mol. The van der Waals surface area contributed by atoms with Crippen LogP contribution in [-0.4, -0.2) is 26.9 Å². The minimum absolute atomic E-state index is 0.0714. The molecule has 1 aromatic carbocycles. The van der Waals surface area contributed by atoms with Gasteiger partial charge in [0.15, 0.2) is 0 Å². The zero-order valence-corrected chi connectivity index (χ0v) is 14.1. The Morgan fingerprint density at radius 2 is 1.82 bits per heavy atom. The Bertz CT molecular complexity index is 595. The average Bonchev–Trinajstić information content (AvgIpc) is 2.46. The minimum atomic E-state index is -3.53. The van der Waals surface area contributed by atoms with Crippen LogP contribution in [0.5, 0.6) is 0 Å². The quantitative estimate of drug-likeness (QED) is 0.769. The molecule has 0 saturated carbocycles. The number of hydrogen-bond acceptors (Lipinski definition) is 3. The van der Waals surface area contributed by atoms with Gasteiger partial charge < -0.3 is 5.32 Å². The summed E-state index contributed by atoms with van der Waals surface area (Å²) < 4.78 is 26.0. The normalized spacial score (nSPS) is 13.5. The topological polar surface area (TPSA) is 75.3 Å². The first kappa shape index (κ1) is 18.4. The second kappa shape index (κ2) is 8.70. The SMILES string of the molecule is CC(C)C(C)NC(=O)CCNS(=O)(=O)/C=C/c1ccccc1. The summed E-state index contributed by atoms with van der Waals surface area (Å²) in [6.07, 6.45) is 1.64. The van der Waals surface area contributed by atoms with Crippen molar-refractivity contribution in [2.24, 2.45) is 5.92 Å². The number of amides is 1. The van der Waals surface area contributed by atoms with E-state index in [9.17, 15) is 13.2 Å². The van der Waals surface area contributed by atoms with Gasteiger partial charge in [0.25, 0.3) is 0 Å². The molecule has 22 heavy (non-hydrogen) atoms.